The molecule has 1 atom stereocenters. The SMILES string of the molecule is O=C(O)c1cc(I)ccc1NC(=O)C1CC(=O)N(c2ccc3c(c2)OCO3)C1. The summed E-state index contributed by atoms with van der Waals surface area (Å²) in [6, 6.07) is 9.92. The van der Waals surface area contributed by atoms with Crippen LogP contribution in [0.1, 0.15) is 16.8 Å². The van der Waals surface area contributed by atoms with Crippen molar-refractivity contribution in [1.82, 2.24) is 0 Å². The third-order valence-corrected chi connectivity index (χ3v) is 5.30. The van der Waals surface area contributed by atoms with E-state index < -0.39 is 11.9 Å². The molecular weight excluding hydrogens is 479 g/mol. The molecule has 28 heavy (non-hydrogen) atoms. The number of anilines is 2. The fourth-order valence-corrected chi connectivity index (χ4v) is 3.71. The number of carboxylic acids is 1. The minimum atomic E-state index is -1.13. The van der Waals surface area contributed by atoms with Crippen LogP contribution in [0.2, 0.25) is 0 Å². The first-order chi connectivity index (χ1) is 13.4. The van der Waals surface area contributed by atoms with Gasteiger partial charge in [0.2, 0.25) is 18.6 Å². The highest BCUT2D eigenvalue weighted by Crippen LogP contribution is 2.37. The molecule has 2 aromatic rings. The topological polar surface area (TPSA) is 105 Å². The molecule has 2 amide bonds. The second kappa shape index (κ2) is 7.30. The van der Waals surface area contributed by atoms with E-state index in [4.69, 9.17) is 9.47 Å². The van der Waals surface area contributed by atoms with Gasteiger partial charge in [-0.2, -0.15) is 0 Å². The average Bonchev–Trinajstić information content (AvgIpc) is 3.28. The van der Waals surface area contributed by atoms with E-state index in [-0.39, 0.29) is 42.8 Å². The van der Waals surface area contributed by atoms with Crippen molar-refractivity contribution in [3.05, 3.63) is 45.5 Å². The summed E-state index contributed by atoms with van der Waals surface area (Å²) in [6.07, 6.45) is 0.0487. The van der Waals surface area contributed by atoms with E-state index in [2.05, 4.69) is 5.32 Å². The van der Waals surface area contributed by atoms with Crippen LogP contribution in [0.3, 0.4) is 0 Å². The van der Waals surface area contributed by atoms with Crippen molar-refractivity contribution in [2.75, 3.05) is 23.6 Å². The minimum Gasteiger partial charge on any atom is -0.478 e. The van der Waals surface area contributed by atoms with E-state index >= 15 is 0 Å². The van der Waals surface area contributed by atoms with E-state index in [1.165, 1.54) is 11.0 Å². The van der Waals surface area contributed by atoms with Crippen molar-refractivity contribution in [2.45, 2.75) is 6.42 Å². The fourth-order valence-electron chi connectivity index (χ4n) is 3.22. The molecule has 1 saturated heterocycles. The van der Waals surface area contributed by atoms with Crippen LogP contribution in [0, 0.1) is 9.49 Å². The third kappa shape index (κ3) is 3.49. The van der Waals surface area contributed by atoms with Crippen LogP contribution in [0.25, 0.3) is 0 Å². The van der Waals surface area contributed by atoms with Crippen molar-refractivity contribution in [3.63, 3.8) is 0 Å². The average molecular weight is 494 g/mol. The van der Waals surface area contributed by atoms with Gasteiger partial charge >= 0.3 is 5.97 Å². The Bertz CT molecular complexity index is 992. The lowest BCUT2D eigenvalue weighted by molar-refractivity contribution is -0.122. The highest BCUT2D eigenvalue weighted by molar-refractivity contribution is 14.1. The Morgan fingerprint density at radius 3 is 2.71 bits per heavy atom. The van der Waals surface area contributed by atoms with Gasteiger partial charge in [0.15, 0.2) is 11.5 Å². The van der Waals surface area contributed by atoms with E-state index in [1.807, 2.05) is 22.6 Å². The maximum absolute atomic E-state index is 12.7. The zero-order chi connectivity index (χ0) is 19.8. The molecule has 1 unspecified atom stereocenters. The first kappa shape index (κ1) is 18.5. The zero-order valence-electron chi connectivity index (χ0n) is 14.5. The number of ether oxygens (including phenoxy) is 2. The number of hydrogen-bond donors (Lipinski definition) is 2. The first-order valence-electron chi connectivity index (χ1n) is 8.46. The molecular formula is C19H15IN2O6. The number of benzene rings is 2. The highest BCUT2D eigenvalue weighted by atomic mass is 127. The summed E-state index contributed by atoms with van der Waals surface area (Å²) in [6.45, 7) is 0.344. The standard InChI is InChI=1S/C19H15IN2O6/c20-11-1-3-14(13(6-11)19(25)26)21-18(24)10-5-17(23)22(8-10)12-2-4-15-16(7-12)28-9-27-15/h1-4,6-7,10H,5,8-9H2,(H,21,24)(H,25,26). The Morgan fingerprint density at radius 2 is 1.93 bits per heavy atom. The maximum atomic E-state index is 12.7. The number of nitrogens with zero attached hydrogens (tertiary/aromatic N) is 1. The van der Waals surface area contributed by atoms with Gasteiger partial charge in [0.05, 0.1) is 17.2 Å². The number of hydrogen-bond acceptors (Lipinski definition) is 5. The smallest absolute Gasteiger partial charge is 0.337 e. The molecule has 2 aromatic carbocycles. The summed E-state index contributed by atoms with van der Waals surface area (Å²) in [5.41, 5.74) is 0.856. The van der Waals surface area contributed by atoms with Crippen LogP contribution in [0.15, 0.2) is 36.4 Å². The largest absolute Gasteiger partial charge is 0.478 e. The molecule has 144 valence electrons. The molecule has 0 spiro atoms. The molecule has 8 nitrogen and oxygen atoms in total. The Labute approximate surface area is 173 Å². The Morgan fingerprint density at radius 1 is 1.14 bits per heavy atom. The van der Waals surface area contributed by atoms with Crippen LogP contribution in [0.5, 0.6) is 11.5 Å². The zero-order valence-corrected chi connectivity index (χ0v) is 16.6. The lowest BCUT2D eigenvalue weighted by Gasteiger charge is -2.17. The number of amides is 2. The van der Waals surface area contributed by atoms with Crippen LogP contribution >= 0.6 is 22.6 Å². The number of carbonyl (C=O) groups excluding carboxylic acids is 2. The van der Waals surface area contributed by atoms with E-state index in [9.17, 15) is 19.5 Å². The Balaban J connectivity index is 1.50. The number of nitrogens with one attached hydrogen (secondary N) is 1. The summed E-state index contributed by atoms with van der Waals surface area (Å²) in [5.74, 6) is -1.11. The number of carbonyl (C=O) groups is 3. The van der Waals surface area contributed by atoms with Crippen LogP contribution in [0.4, 0.5) is 11.4 Å². The second-order valence-corrected chi connectivity index (χ2v) is 7.67. The lowest BCUT2D eigenvalue weighted by atomic mass is 10.1. The highest BCUT2D eigenvalue weighted by Gasteiger charge is 2.36. The summed E-state index contributed by atoms with van der Waals surface area (Å²) in [5, 5.41) is 12.0. The molecule has 2 aliphatic rings. The van der Waals surface area contributed by atoms with Gasteiger partial charge in [-0.1, -0.05) is 0 Å². The normalized spacial score (nSPS) is 17.7. The lowest BCUT2D eigenvalue weighted by Crippen LogP contribution is -2.28. The molecule has 0 aromatic heterocycles. The van der Waals surface area contributed by atoms with Gasteiger partial charge in [-0.25, -0.2) is 4.79 Å². The minimum absolute atomic E-state index is 0.0113. The van der Waals surface area contributed by atoms with Crippen molar-refractivity contribution in [1.29, 1.82) is 0 Å². The van der Waals surface area contributed by atoms with Gasteiger partial charge in [0.25, 0.3) is 0 Å². The van der Waals surface area contributed by atoms with Gasteiger partial charge < -0.3 is 24.8 Å². The summed E-state index contributed by atoms with van der Waals surface area (Å²) < 4.78 is 11.4. The molecule has 0 bridgehead atoms. The predicted octanol–water partition coefficient (Wildman–Crippen LogP) is 2.71. The van der Waals surface area contributed by atoms with Crippen molar-refractivity contribution >= 4 is 51.7 Å². The Hall–Kier alpha value is -2.82. The number of halogens is 1. The first-order valence-corrected chi connectivity index (χ1v) is 9.54. The predicted molar refractivity (Wildman–Crippen MR) is 108 cm³/mol. The van der Waals surface area contributed by atoms with Gasteiger partial charge in [0, 0.05) is 28.3 Å². The molecule has 2 N–H and O–H groups in total. The molecule has 0 saturated carbocycles. The fraction of sp³-hybridized carbons (Fsp3) is 0.211. The molecule has 4 rings (SSSR count). The van der Waals surface area contributed by atoms with Crippen molar-refractivity contribution in [3.8, 4) is 11.5 Å². The summed E-state index contributed by atoms with van der Waals surface area (Å²) in [4.78, 5) is 38.0. The number of aromatic carboxylic acids is 1. The molecule has 0 radical (unpaired) electrons. The molecule has 2 aliphatic heterocycles. The molecule has 1 fully saturated rings. The number of fused-ring (bicyclic) bond motifs is 1. The van der Waals surface area contributed by atoms with Crippen LogP contribution in [-0.4, -0.2) is 36.2 Å². The third-order valence-electron chi connectivity index (χ3n) is 4.63. The van der Waals surface area contributed by atoms with Crippen LogP contribution in [-0.2, 0) is 9.59 Å². The second-order valence-electron chi connectivity index (χ2n) is 6.43. The van der Waals surface area contributed by atoms with Gasteiger partial charge in [-0.3, -0.25) is 9.59 Å². The molecule has 9 heteroatoms. The van der Waals surface area contributed by atoms with Gasteiger partial charge in [-0.15, -0.1) is 0 Å². The van der Waals surface area contributed by atoms with Crippen molar-refractivity contribution < 1.29 is 29.0 Å². The van der Waals surface area contributed by atoms with E-state index in [1.54, 1.807) is 30.3 Å². The van der Waals surface area contributed by atoms with Crippen molar-refractivity contribution in [2.24, 2.45) is 5.92 Å². The van der Waals surface area contributed by atoms with Gasteiger partial charge in [0.1, 0.15) is 0 Å². The van der Waals surface area contributed by atoms with E-state index in [0.29, 0.717) is 17.2 Å². The van der Waals surface area contributed by atoms with Gasteiger partial charge in [-0.05, 0) is 52.9 Å². The molecule has 2 heterocycles. The quantitative estimate of drug-likeness (QED) is 0.634. The number of carboxylic acid groups (broad SMARTS) is 1. The van der Waals surface area contributed by atoms with E-state index in [0.717, 1.165) is 3.57 Å². The Kier molecular flexibility index (Phi) is 4.84. The summed E-state index contributed by atoms with van der Waals surface area (Å²) >= 11 is 2.00. The molecule has 0 aliphatic carbocycles. The monoisotopic (exact) mass is 494 g/mol. The van der Waals surface area contributed by atoms with Crippen LogP contribution < -0.4 is 19.7 Å². The maximum Gasteiger partial charge on any atom is 0.337 e. The number of rotatable bonds is 4. The summed E-state index contributed by atoms with van der Waals surface area (Å²) in [7, 11) is 0.